The number of esters is 1. The highest BCUT2D eigenvalue weighted by Gasteiger charge is 2.17. The van der Waals surface area contributed by atoms with Gasteiger partial charge in [0.05, 0.1) is 19.1 Å². The van der Waals surface area contributed by atoms with Crippen LogP contribution in [-0.4, -0.2) is 48.0 Å². The molecule has 0 saturated carbocycles. The highest BCUT2D eigenvalue weighted by atomic mass is 16.5. The molecule has 132 valence electrons. The third-order valence-corrected chi connectivity index (χ3v) is 3.75. The van der Waals surface area contributed by atoms with Crippen molar-refractivity contribution in [2.75, 3.05) is 20.3 Å². The summed E-state index contributed by atoms with van der Waals surface area (Å²) in [6, 6.07) is 5.63. The van der Waals surface area contributed by atoms with Gasteiger partial charge in [0.15, 0.2) is 0 Å². The van der Waals surface area contributed by atoms with Gasteiger partial charge in [-0.25, -0.2) is 0 Å². The van der Waals surface area contributed by atoms with Crippen LogP contribution < -0.4 is 10.1 Å². The van der Waals surface area contributed by atoms with E-state index in [1.54, 1.807) is 6.20 Å². The standard InChI is InChI=1S/C18H26N2O4/c1-18(2,3)20-10-13(21)11-24-14-5-6-16-15(8-14)12(9-19-16)7-17(22)23-4/h5-6,8-9,13,19-21H,7,10-11H2,1-4H3/p+1/t13-/m1/s1. The molecule has 0 aliphatic carbocycles. The number of benzene rings is 1. The Morgan fingerprint density at radius 2 is 2.12 bits per heavy atom. The number of ether oxygens (including phenoxy) is 2. The Labute approximate surface area is 142 Å². The van der Waals surface area contributed by atoms with Crippen molar-refractivity contribution in [3.8, 4) is 5.75 Å². The molecule has 24 heavy (non-hydrogen) atoms. The lowest BCUT2D eigenvalue weighted by molar-refractivity contribution is -0.722. The molecule has 1 heterocycles. The van der Waals surface area contributed by atoms with Crippen molar-refractivity contribution in [3.63, 3.8) is 0 Å². The monoisotopic (exact) mass is 335 g/mol. The van der Waals surface area contributed by atoms with E-state index in [-0.39, 0.29) is 24.5 Å². The number of methoxy groups -OCH3 is 1. The second-order valence-corrected chi connectivity index (χ2v) is 7.04. The first kappa shape index (κ1) is 18.3. The minimum Gasteiger partial charge on any atom is -0.491 e. The predicted molar refractivity (Wildman–Crippen MR) is 92.1 cm³/mol. The summed E-state index contributed by atoms with van der Waals surface area (Å²) in [6.07, 6.45) is 1.47. The van der Waals surface area contributed by atoms with Gasteiger partial charge in [0.25, 0.3) is 0 Å². The molecule has 1 atom stereocenters. The molecular weight excluding hydrogens is 308 g/mol. The van der Waals surface area contributed by atoms with E-state index < -0.39 is 6.10 Å². The zero-order chi connectivity index (χ0) is 17.7. The molecular formula is C18H27N2O4+. The van der Waals surface area contributed by atoms with E-state index in [2.05, 4.69) is 31.1 Å². The van der Waals surface area contributed by atoms with Crippen LogP contribution in [0.3, 0.4) is 0 Å². The number of hydrogen-bond acceptors (Lipinski definition) is 4. The van der Waals surface area contributed by atoms with E-state index >= 15 is 0 Å². The second kappa shape index (κ2) is 7.68. The number of aliphatic hydroxyl groups is 1. The number of quaternary nitrogens is 1. The summed E-state index contributed by atoms with van der Waals surface area (Å²) in [5, 5.41) is 13.0. The number of nitrogens with two attached hydrogens (primary N) is 1. The molecule has 1 aromatic carbocycles. The van der Waals surface area contributed by atoms with Gasteiger partial charge in [0.2, 0.25) is 0 Å². The van der Waals surface area contributed by atoms with Gasteiger partial charge in [-0.1, -0.05) is 0 Å². The number of aromatic nitrogens is 1. The van der Waals surface area contributed by atoms with Crippen LogP contribution in [0.1, 0.15) is 26.3 Å². The Bertz CT molecular complexity index is 688. The van der Waals surface area contributed by atoms with E-state index in [0.29, 0.717) is 12.3 Å². The number of carbonyl (C=O) groups is 1. The third kappa shape index (κ3) is 5.25. The lowest BCUT2D eigenvalue weighted by Crippen LogP contribution is -2.96. The lowest BCUT2D eigenvalue weighted by atomic mass is 10.1. The number of rotatable bonds is 7. The van der Waals surface area contributed by atoms with Gasteiger partial charge < -0.3 is 24.9 Å². The zero-order valence-electron chi connectivity index (χ0n) is 14.8. The summed E-state index contributed by atoms with van der Waals surface area (Å²) in [5.74, 6) is 0.387. The van der Waals surface area contributed by atoms with Crippen LogP contribution in [0.2, 0.25) is 0 Å². The molecule has 4 N–H and O–H groups in total. The van der Waals surface area contributed by atoms with E-state index in [4.69, 9.17) is 9.47 Å². The molecule has 0 spiro atoms. The van der Waals surface area contributed by atoms with Crippen LogP contribution in [0.25, 0.3) is 10.9 Å². The molecule has 1 aromatic heterocycles. The van der Waals surface area contributed by atoms with Crippen LogP contribution in [0.15, 0.2) is 24.4 Å². The van der Waals surface area contributed by atoms with E-state index in [0.717, 1.165) is 16.5 Å². The largest absolute Gasteiger partial charge is 0.491 e. The van der Waals surface area contributed by atoms with Crippen molar-refractivity contribution < 1.29 is 24.7 Å². The molecule has 0 aliphatic rings. The van der Waals surface area contributed by atoms with Crippen LogP contribution in [0, 0.1) is 0 Å². The summed E-state index contributed by atoms with van der Waals surface area (Å²) < 4.78 is 10.4. The van der Waals surface area contributed by atoms with Crippen molar-refractivity contribution >= 4 is 16.9 Å². The number of aliphatic hydroxyl groups excluding tert-OH is 1. The first-order valence-corrected chi connectivity index (χ1v) is 8.10. The molecule has 0 fully saturated rings. The Morgan fingerprint density at radius 3 is 2.79 bits per heavy atom. The lowest BCUT2D eigenvalue weighted by Gasteiger charge is -2.19. The maximum absolute atomic E-state index is 11.5. The van der Waals surface area contributed by atoms with Gasteiger partial charge in [-0.15, -0.1) is 0 Å². The molecule has 2 aromatic rings. The average Bonchev–Trinajstić information content (AvgIpc) is 2.92. The van der Waals surface area contributed by atoms with Crippen molar-refractivity contribution in [1.82, 2.24) is 4.98 Å². The number of carbonyl (C=O) groups excluding carboxylic acids is 1. The molecule has 0 unspecified atom stereocenters. The first-order chi connectivity index (χ1) is 11.3. The van der Waals surface area contributed by atoms with Crippen LogP contribution >= 0.6 is 0 Å². The number of hydrogen-bond donors (Lipinski definition) is 3. The first-order valence-electron chi connectivity index (χ1n) is 8.10. The van der Waals surface area contributed by atoms with Gasteiger partial charge >= 0.3 is 5.97 Å². The zero-order valence-corrected chi connectivity index (χ0v) is 14.8. The Morgan fingerprint density at radius 1 is 1.38 bits per heavy atom. The Kier molecular flexibility index (Phi) is 5.85. The maximum atomic E-state index is 11.5. The quantitative estimate of drug-likeness (QED) is 0.658. The van der Waals surface area contributed by atoms with Crippen molar-refractivity contribution in [2.24, 2.45) is 0 Å². The summed E-state index contributed by atoms with van der Waals surface area (Å²) in [4.78, 5) is 14.6. The number of aromatic amines is 1. The fourth-order valence-corrected chi connectivity index (χ4v) is 2.37. The minimum atomic E-state index is -0.541. The SMILES string of the molecule is COC(=O)Cc1c[nH]c2ccc(OC[C@H](O)C[NH2+]C(C)(C)C)cc12. The van der Waals surface area contributed by atoms with E-state index in [1.807, 2.05) is 18.2 Å². The molecule has 0 bridgehead atoms. The normalized spacial score (nSPS) is 13.0. The van der Waals surface area contributed by atoms with Gasteiger partial charge in [-0.3, -0.25) is 4.79 Å². The van der Waals surface area contributed by atoms with Crippen LogP contribution in [0.4, 0.5) is 0 Å². The fourth-order valence-electron chi connectivity index (χ4n) is 2.37. The highest BCUT2D eigenvalue weighted by molar-refractivity contribution is 5.88. The highest BCUT2D eigenvalue weighted by Crippen LogP contribution is 2.24. The average molecular weight is 335 g/mol. The van der Waals surface area contributed by atoms with E-state index in [1.165, 1.54) is 7.11 Å². The summed E-state index contributed by atoms with van der Waals surface area (Å²) in [7, 11) is 1.38. The molecule has 0 saturated heterocycles. The molecule has 0 amide bonds. The molecule has 6 heteroatoms. The minimum absolute atomic E-state index is 0.0772. The predicted octanol–water partition coefficient (Wildman–Crippen LogP) is 0.985. The summed E-state index contributed by atoms with van der Waals surface area (Å²) in [5.41, 5.74) is 1.88. The van der Waals surface area contributed by atoms with Gasteiger partial charge in [-0.2, -0.15) is 0 Å². The van der Waals surface area contributed by atoms with Gasteiger partial charge in [0.1, 0.15) is 25.0 Å². The van der Waals surface area contributed by atoms with Gasteiger partial charge in [-0.05, 0) is 44.5 Å². The molecule has 0 radical (unpaired) electrons. The third-order valence-electron chi connectivity index (χ3n) is 3.75. The molecule has 0 aliphatic heterocycles. The summed E-state index contributed by atoms with van der Waals surface area (Å²) in [6.45, 7) is 7.12. The van der Waals surface area contributed by atoms with Crippen molar-refractivity contribution in [3.05, 3.63) is 30.0 Å². The van der Waals surface area contributed by atoms with Crippen molar-refractivity contribution in [1.29, 1.82) is 0 Å². The number of nitrogens with one attached hydrogen (secondary N) is 1. The van der Waals surface area contributed by atoms with Gasteiger partial charge in [0, 0.05) is 17.1 Å². The smallest absolute Gasteiger partial charge is 0.310 e. The molecule has 2 rings (SSSR count). The van der Waals surface area contributed by atoms with E-state index in [9.17, 15) is 9.90 Å². The second-order valence-electron chi connectivity index (χ2n) is 7.04. The van der Waals surface area contributed by atoms with Crippen molar-refractivity contribution in [2.45, 2.75) is 38.8 Å². The summed E-state index contributed by atoms with van der Waals surface area (Å²) >= 11 is 0. The van der Waals surface area contributed by atoms with Crippen LogP contribution in [0.5, 0.6) is 5.75 Å². The maximum Gasteiger partial charge on any atom is 0.310 e. The fraction of sp³-hybridized carbons (Fsp3) is 0.500. The Balaban J connectivity index is 1.99. The topological polar surface area (TPSA) is 88.2 Å². The Hall–Kier alpha value is -2.05. The molecule has 6 nitrogen and oxygen atoms in total. The number of fused-ring (bicyclic) bond motifs is 1. The number of H-pyrrole nitrogens is 1. The van der Waals surface area contributed by atoms with Crippen LogP contribution in [-0.2, 0) is 16.0 Å².